The van der Waals surface area contributed by atoms with Gasteiger partial charge in [-0.2, -0.15) is 0 Å². The molecule has 186 valence electrons. The summed E-state index contributed by atoms with van der Waals surface area (Å²) < 4.78 is 0. The first-order valence-corrected chi connectivity index (χ1v) is 15.9. The predicted octanol–water partition coefficient (Wildman–Crippen LogP) is 9.38. The van der Waals surface area contributed by atoms with Gasteiger partial charge in [0.25, 0.3) is 0 Å². The molecule has 0 heterocycles. The molecule has 7 saturated carbocycles. The summed E-state index contributed by atoms with van der Waals surface area (Å²) in [7, 11) is 0. The van der Waals surface area contributed by atoms with Crippen molar-refractivity contribution >= 4 is 0 Å². The van der Waals surface area contributed by atoms with Crippen LogP contribution in [-0.2, 0) is 0 Å². The SMILES string of the molecule is CC1CC(C)CC2(C1)C1CCCCC1C1C3C4CC5CCCCC5CC4C(C)(C)C3CCC12. The molecule has 7 aliphatic rings. The fourth-order valence-corrected chi connectivity index (χ4v) is 13.9. The largest absolute Gasteiger partial charge is 0.0625 e. The Hall–Kier alpha value is 0. The Bertz CT molecular complexity index is 737. The lowest BCUT2D eigenvalue weighted by Gasteiger charge is -2.52. The molecule has 0 heteroatoms. The topological polar surface area (TPSA) is 0 Å². The van der Waals surface area contributed by atoms with Gasteiger partial charge in [-0.1, -0.05) is 66.2 Å². The molecule has 0 aliphatic heterocycles. The first kappa shape index (κ1) is 22.2. The van der Waals surface area contributed by atoms with Gasteiger partial charge in [0.05, 0.1) is 0 Å². The van der Waals surface area contributed by atoms with Gasteiger partial charge in [-0.3, -0.25) is 0 Å². The van der Waals surface area contributed by atoms with Crippen molar-refractivity contribution in [1.82, 2.24) is 0 Å². The molecule has 0 aromatic heterocycles. The summed E-state index contributed by atoms with van der Waals surface area (Å²) in [5.74, 6) is 13.0. The van der Waals surface area contributed by atoms with Gasteiger partial charge in [-0.15, -0.1) is 0 Å². The van der Waals surface area contributed by atoms with Gasteiger partial charge in [0, 0.05) is 0 Å². The maximum atomic E-state index is 2.77. The molecule has 0 aromatic rings. The molecule has 12 atom stereocenters. The van der Waals surface area contributed by atoms with Crippen molar-refractivity contribution < 1.29 is 0 Å². The van der Waals surface area contributed by atoms with Crippen molar-refractivity contribution in [2.75, 3.05) is 0 Å². The van der Waals surface area contributed by atoms with Gasteiger partial charge in [-0.05, 0) is 140 Å². The number of hydrogen-bond acceptors (Lipinski definition) is 0. The number of rotatable bonds is 0. The van der Waals surface area contributed by atoms with Crippen molar-refractivity contribution in [1.29, 1.82) is 0 Å². The zero-order chi connectivity index (χ0) is 22.5. The van der Waals surface area contributed by atoms with Crippen LogP contribution in [0.5, 0.6) is 0 Å². The summed E-state index contributed by atoms with van der Waals surface area (Å²) in [4.78, 5) is 0. The van der Waals surface area contributed by atoms with Crippen LogP contribution in [0.3, 0.4) is 0 Å². The van der Waals surface area contributed by atoms with Gasteiger partial charge in [0.2, 0.25) is 0 Å². The third kappa shape index (κ3) is 3.06. The van der Waals surface area contributed by atoms with Crippen LogP contribution in [-0.4, -0.2) is 0 Å². The van der Waals surface area contributed by atoms with Crippen LogP contribution in [0.1, 0.15) is 124 Å². The van der Waals surface area contributed by atoms with Crippen LogP contribution in [0.15, 0.2) is 0 Å². The third-order valence-corrected chi connectivity index (χ3v) is 14.3. The van der Waals surface area contributed by atoms with Gasteiger partial charge in [-0.25, -0.2) is 0 Å². The van der Waals surface area contributed by atoms with E-state index in [-0.39, 0.29) is 0 Å². The van der Waals surface area contributed by atoms with Gasteiger partial charge in [0.1, 0.15) is 0 Å². The first-order valence-electron chi connectivity index (χ1n) is 15.9. The molecule has 7 fully saturated rings. The summed E-state index contributed by atoms with van der Waals surface area (Å²) in [6.45, 7) is 10.8. The summed E-state index contributed by atoms with van der Waals surface area (Å²) in [6.07, 6.45) is 23.8. The standard InChI is InChI=1S/C33H54/c1-20-15-21(2)19-33(18-20)26-12-8-7-11-24(26)30-28(33)14-13-27-31(30)25-16-22-9-5-6-10-23(22)17-29(25)32(27,3)4/h20-31H,5-19H2,1-4H3. The molecular formula is C33H54. The number of hydrogen-bond donors (Lipinski definition) is 0. The second kappa shape index (κ2) is 7.75. The maximum Gasteiger partial charge on any atom is -0.0230 e. The zero-order valence-electron chi connectivity index (χ0n) is 22.5. The van der Waals surface area contributed by atoms with E-state index >= 15 is 0 Å². The lowest BCUT2D eigenvalue weighted by Crippen LogP contribution is -2.45. The Morgan fingerprint density at radius 2 is 1.12 bits per heavy atom. The van der Waals surface area contributed by atoms with E-state index < -0.39 is 0 Å². The molecule has 33 heavy (non-hydrogen) atoms. The average molecular weight is 451 g/mol. The maximum absolute atomic E-state index is 2.77. The lowest BCUT2D eigenvalue weighted by atomic mass is 9.53. The molecule has 7 rings (SSSR count). The van der Waals surface area contributed by atoms with Gasteiger partial charge < -0.3 is 0 Å². The van der Waals surface area contributed by atoms with E-state index in [2.05, 4.69) is 27.7 Å². The van der Waals surface area contributed by atoms with Crippen LogP contribution in [0.4, 0.5) is 0 Å². The molecule has 0 bridgehead atoms. The van der Waals surface area contributed by atoms with E-state index in [1.165, 1.54) is 6.42 Å². The van der Waals surface area contributed by atoms with Crippen molar-refractivity contribution in [3.05, 3.63) is 0 Å². The fourth-order valence-electron chi connectivity index (χ4n) is 13.9. The van der Waals surface area contributed by atoms with Crippen LogP contribution in [0.25, 0.3) is 0 Å². The minimum absolute atomic E-state index is 0.621. The Labute approximate surface area is 205 Å². The van der Waals surface area contributed by atoms with Crippen LogP contribution >= 0.6 is 0 Å². The van der Waals surface area contributed by atoms with Gasteiger partial charge in [0.15, 0.2) is 0 Å². The number of fused-ring (bicyclic) bond motifs is 10. The molecule has 0 amide bonds. The first-order chi connectivity index (χ1) is 15.9. The van der Waals surface area contributed by atoms with E-state index in [1.54, 1.807) is 89.9 Å². The summed E-state index contributed by atoms with van der Waals surface area (Å²) in [6, 6.07) is 0. The fraction of sp³-hybridized carbons (Fsp3) is 1.00. The van der Waals surface area contributed by atoms with Crippen molar-refractivity contribution in [3.63, 3.8) is 0 Å². The second-order valence-electron chi connectivity index (χ2n) is 16.0. The highest BCUT2D eigenvalue weighted by Gasteiger charge is 2.69. The normalized spacial score (nSPS) is 59.3. The average Bonchev–Trinajstić information content (AvgIpc) is 3.18. The van der Waals surface area contributed by atoms with Gasteiger partial charge >= 0.3 is 0 Å². The van der Waals surface area contributed by atoms with Crippen LogP contribution in [0.2, 0.25) is 0 Å². The molecular weight excluding hydrogens is 396 g/mol. The van der Waals surface area contributed by atoms with Crippen molar-refractivity contribution in [2.24, 2.45) is 81.8 Å². The summed E-state index contributed by atoms with van der Waals surface area (Å²) in [5.41, 5.74) is 1.37. The minimum atomic E-state index is 0.621. The van der Waals surface area contributed by atoms with E-state index in [0.29, 0.717) is 5.41 Å². The Morgan fingerprint density at radius 3 is 1.88 bits per heavy atom. The highest BCUT2D eigenvalue weighted by Crippen LogP contribution is 2.76. The molecule has 0 N–H and O–H groups in total. The quantitative estimate of drug-likeness (QED) is 0.345. The molecule has 0 saturated heterocycles. The zero-order valence-corrected chi connectivity index (χ0v) is 22.5. The molecule has 12 unspecified atom stereocenters. The van der Waals surface area contributed by atoms with E-state index in [1.807, 2.05) is 0 Å². The molecule has 0 radical (unpaired) electrons. The molecule has 0 nitrogen and oxygen atoms in total. The Kier molecular flexibility index (Phi) is 5.22. The molecule has 1 spiro atoms. The Morgan fingerprint density at radius 1 is 0.515 bits per heavy atom. The molecule has 0 aromatic carbocycles. The predicted molar refractivity (Wildman–Crippen MR) is 139 cm³/mol. The van der Waals surface area contributed by atoms with Crippen molar-refractivity contribution in [2.45, 2.75) is 124 Å². The summed E-state index contributed by atoms with van der Waals surface area (Å²) in [5, 5.41) is 0. The highest BCUT2D eigenvalue weighted by atomic mass is 14.7. The smallest absolute Gasteiger partial charge is 0.0230 e. The van der Waals surface area contributed by atoms with E-state index in [4.69, 9.17) is 0 Å². The Balaban J connectivity index is 1.28. The van der Waals surface area contributed by atoms with Crippen LogP contribution in [0, 0.1) is 81.8 Å². The molecule has 7 aliphatic carbocycles. The lowest BCUT2D eigenvalue weighted by molar-refractivity contribution is -0.0319. The van der Waals surface area contributed by atoms with Crippen LogP contribution < -0.4 is 0 Å². The minimum Gasteiger partial charge on any atom is -0.0625 e. The highest BCUT2D eigenvalue weighted by molar-refractivity contribution is 5.17. The summed E-state index contributed by atoms with van der Waals surface area (Å²) >= 11 is 0. The second-order valence-corrected chi connectivity index (χ2v) is 16.0. The monoisotopic (exact) mass is 450 g/mol. The third-order valence-electron chi connectivity index (χ3n) is 14.3. The van der Waals surface area contributed by atoms with E-state index in [0.717, 1.165) is 76.4 Å². The van der Waals surface area contributed by atoms with Crippen molar-refractivity contribution in [3.8, 4) is 0 Å². The van der Waals surface area contributed by atoms with E-state index in [9.17, 15) is 0 Å².